The summed E-state index contributed by atoms with van der Waals surface area (Å²) in [5.41, 5.74) is 9.54. The molecule has 3 N–H and O–H groups in total. The molecule has 20 heavy (non-hydrogen) atoms. The zero-order valence-corrected chi connectivity index (χ0v) is 12.1. The Morgan fingerprint density at radius 3 is 2.85 bits per heavy atom. The molecule has 3 heterocycles. The van der Waals surface area contributed by atoms with Gasteiger partial charge in [-0.1, -0.05) is 0 Å². The molecule has 2 aromatic heterocycles. The van der Waals surface area contributed by atoms with E-state index in [4.69, 9.17) is 5.73 Å². The van der Waals surface area contributed by atoms with Crippen LogP contribution < -0.4 is 11.2 Å². The first-order valence-corrected chi connectivity index (χ1v) is 7.33. The van der Waals surface area contributed by atoms with Gasteiger partial charge in [-0.2, -0.15) is 0 Å². The number of nitrogens with two attached hydrogens (primary N) is 1. The highest BCUT2D eigenvalue weighted by Gasteiger charge is 2.20. The zero-order valence-electron chi connectivity index (χ0n) is 11.3. The van der Waals surface area contributed by atoms with E-state index in [9.17, 15) is 4.79 Å². The van der Waals surface area contributed by atoms with E-state index in [1.165, 1.54) is 11.3 Å². The number of anilines is 1. The van der Waals surface area contributed by atoms with Gasteiger partial charge >= 0.3 is 0 Å². The third-order valence-corrected chi connectivity index (χ3v) is 4.66. The standard InChI is InChI=1S/C13H17N5OS/c1-17-4-6-18(7-5-17)16-13(19)12-11(14)9-2-3-15-8-10(9)20-12/h2-3,8H,4-7,14H2,1H3,(H,16,19). The van der Waals surface area contributed by atoms with Crippen LogP contribution in [0.25, 0.3) is 10.1 Å². The first kappa shape index (κ1) is 13.3. The molecule has 1 amide bonds. The Kier molecular flexibility index (Phi) is 3.56. The number of rotatable bonds is 2. The van der Waals surface area contributed by atoms with Crippen molar-refractivity contribution in [3.05, 3.63) is 23.3 Å². The predicted molar refractivity (Wildman–Crippen MR) is 80.6 cm³/mol. The number of piperazine rings is 1. The Labute approximate surface area is 121 Å². The Hall–Kier alpha value is -1.70. The molecule has 0 radical (unpaired) electrons. The third-order valence-electron chi connectivity index (χ3n) is 3.50. The van der Waals surface area contributed by atoms with Crippen LogP contribution in [0.3, 0.4) is 0 Å². The summed E-state index contributed by atoms with van der Waals surface area (Å²) in [6.45, 7) is 3.56. The van der Waals surface area contributed by atoms with E-state index in [0.717, 1.165) is 36.3 Å². The fourth-order valence-electron chi connectivity index (χ4n) is 2.25. The number of likely N-dealkylation sites (N-methyl/N-ethyl adjacent to an activating group) is 1. The first-order chi connectivity index (χ1) is 9.65. The van der Waals surface area contributed by atoms with Gasteiger partial charge in [-0.15, -0.1) is 11.3 Å². The molecule has 106 valence electrons. The van der Waals surface area contributed by atoms with Gasteiger partial charge in [-0.3, -0.25) is 15.2 Å². The fourth-order valence-corrected chi connectivity index (χ4v) is 3.23. The van der Waals surface area contributed by atoms with Crippen molar-refractivity contribution in [1.82, 2.24) is 20.3 Å². The minimum absolute atomic E-state index is 0.131. The monoisotopic (exact) mass is 291 g/mol. The van der Waals surface area contributed by atoms with E-state index in [1.807, 2.05) is 11.1 Å². The Morgan fingerprint density at radius 1 is 1.40 bits per heavy atom. The molecule has 1 aliphatic heterocycles. The van der Waals surface area contributed by atoms with Crippen LogP contribution in [0.5, 0.6) is 0 Å². The highest BCUT2D eigenvalue weighted by atomic mass is 32.1. The number of nitrogen functional groups attached to an aromatic ring is 1. The molecule has 6 nitrogen and oxygen atoms in total. The quantitative estimate of drug-likeness (QED) is 0.855. The summed E-state index contributed by atoms with van der Waals surface area (Å²) in [6, 6.07) is 1.84. The number of nitrogens with zero attached hydrogens (tertiary/aromatic N) is 3. The lowest BCUT2D eigenvalue weighted by atomic mass is 10.2. The number of amides is 1. The molecule has 1 fully saturated rings. The first-order valence-electron chi connectivity index (χ1n) is 6.51. The van der Waals surface area contributed by atoms with Gasteiger partial charge in [0, 0.05) is 44.0 Å². The van der Waals surface area contributed by atoms with Crippen molar-refractivity contribution >= 4 is 33.0 Å². The maximum Gasteiger partial charge on any atom is 0.277 e. The molecule has 2 aromatic rings. The van der Waals surface area contributed by atoms with Crippen molar-refractivity contribution in [2.24, 2.45) is 0 Å². The molecule has 0 unspecified atom stereocenters. The summed E-state index contributed by atoms with van der Waals surface area (Å²) < 4.78 is 0.938. The number of nitrogens with one attached hydrogen (secondary N) is 1. The smallest absolute Gasteiger partial charge is 0.277 e. The van der Waals surface area contributed by atoms with Crippen LogP contribution in [0, 0.1) is 0 Å². The number of aromatic nitrogens is 1. The minimum atomic E-state index is -0.131. The lowest BCUT2D eigenvalue weighted by molar-refractivity contribution is 0.0667. The number of hydrogen-bond acceptors (Lipinski definition) is 6. The van der Waals surface area contributed by atoms with Crippen LogP contribution in [0.4, 0.5) is 5.69 Å². The van der Waals surface area contributed by atoms with Gasteiger partial charge in [0.25, 0.3) is 5.91 Å². The summed E-state index contributed by atoms with van der Waals surface area (Å²) >= 11 is 1.38. The van der Waals surface area contributed by atoms with Crippen molar-refractivity contribution in [2.45, 2.75) is 0 Å². The lowest BCUT2D eigenvalue weighted by Crippen LogP contribution is -2.52. The molecule has 7 heteroatoms. The second-order valence-electron chi connectivity index (χ2n) is 4.95. The molecule has 0 bridgehead atoms. The van der Waals surface area contributed by atoms with Crippen molar-refractivity contribution in [1.29, 1.82) is 0 Å². The van der Waals surface area contributed by atoms with Gasteiger partial charge < -0.3 is 10.6 Å². The van der Waals surface area contributed by atoms with Gasteiger partial charge in [0.15, 0.2) is 0 Å². The van der Waals surface area contributed by atoms with Gasteiger partial charge in [0.2, 0.25) is 0 Å². The summed E-state index contributed by atoms with van der Waals surface area (Å²) in [5.74, 6) is -0.131. The molecule has 1 aliphatic rings. The highest BCUT2D eigenvalue weighted by molar-refractivity contribution is 7.21. The molecule has 0 saturated carbocycles. The Balaban J connectivity index is 1.77. The predicted octanol–water partition coefficient (Wildman–Crippen LogP) is 0.771. The van der Waals surface area contributed by atoms with Gasteiger partial charge in [0.1, 0.15) is 4.88 Å². The Morgan fingerprint density at radius 2 is 2.15 bits per heavy atom. The Bertz CT molecular complexity index is 633. The van der Waals surface area contributed by atoms with Crippen molar-refractivity contribution in [3.63, 3.8) is 0 Å². The number of pyridine rings is 1. The summed E-state index contributed by atoms with van der Waals surface area (Å²) in [7, 11) is 2.08. The zero-order chi connectivity index (χ0) is 14.1. The molecular formula is C13H17N5OS. The molecular weight excluding hydrogens is 274 g/mol. The number of hydrazine groups is 1. The van der Waals surface area contributed by atoms with Crippen LogP contribution in [-0.2, 0) is 0 Å². The molecule has 0 atom stereocenters. The normalized spacial score (nSPS) is 17.4. The molecule has 0 aliphatic carbocycles. The van der Waals surface area contributed by atoms with E-state index >= 15 is 0 Å². The van der Waals surface area contributed by atoms with E-state index in [1.54, 1.807) is 12.4 Å². The summed E-state index contributed by atoms with van der Waals surface area (Å²) in [4.78, 5) is 19.2. The third kappa shape index (κ3) is 2.47. The van der Waals surface area contributed by atoms with Crippen molar-refractivity contribution in [3.8, 4) is 0 Å². The van der Waals surface area contributed by atoms with E-state index in [-0.39, 0.29) is 5.91 Å². The largest absolute Gasteiger partial charge is 0.397 e. The summed E-state index contributed by atoms with van der Waals surface area (Å²) in [6.07, 6.45) is 3.43. The van der Waals surface area contributed by atoms with E-state index in [0.29, 0.717) is 10.6 Å². The summed E-state index contributed by atoms with van der Waals surface area (Å²) in [5, 5.41) is 2.85. The second kappa shape index (κ2) is 5.35. The topological polar surface area (TPSA) is 74.5 Å². The van der Waals surface area contributed by atoms with Crippen molar-refractivity contribution < 1.29 is 4.79 Å². The van der Waals surface area contributed by atoms with Crippen LogP contribution in [0.15, 0.2) is 18.5 Å². The van der Waals surface area contributed by atoms with Crippen LogP contribution in [0.2, 0.25) is 0 Å². The minimum Gasteiger partial charge on any atom is -0.397 e. The van der Waals surface area contributed by atoms with Gasteiger partial charge in [-0.25, -0.2) is 5.01 Å². The maximum absolute atomic E-state index is 12.3. The average Bonchev–Trinajstić information content (AvgIpc) is 2.79. The number of carbonyl (C=O) groups is 1. The molecule has 1 saturated heterocycles. The van der Waals surface area contributed by atoms with Crippen LogP contribution in [-0.4, -0.2) is 54.0 Å². The molecule has 0 aromatic carbocycles. The molecule has 3 rings (SSSR count). The maximum atomic E-state index is 12.3. The van der Waals surface area contributed by atoms with Crippen LogP contribution >= 0.6 is 11.3 Å². The van der Waals surface area contributed by atoms with Gasteiger partial charge in [0.05, 0.1) is 10.4 Å². The number of thiophene rings is 1. The average molecular weight is 291 g/mol. The van der Waals surface area contributed by atoms with E-state index < -0.39 is 0 Å². The van der Waals surface area contributed by atoms with E-state index in [2.05, 4.69) is 22.4 Å². The van der Waals surface area contributed by atoms with Crippen molar-refractivity contribution in [2.75, 3.05) is 39.0 Å². The molecule has 0 spiro atoms. The number of fused-ring (bicyclic) bond motifs is 1. The van der Waals surface area contributed by atoms with Crippen LogP contribution in [0.1, 0.15) is 9.67 Å². The SMILES string of the molecule is CN1CCN(NC(=O)c2sc3cnccc3c2N)CC1. The number of hydrogen-bond donors (Lipinski definition) is 2. The highest BCUT2D eigenvalue weighted by Crippen LogP contribution is 2.32. The fraction of sp³-hybridized carbons (Fsp3) is 0.385. The van der Waals surface area contributed by atoms with Gasteiger partial charge in [-0.05, 0) is 13.1 Å². The number of carbonyl (C=O) groups excluding carboxylic acids is 1. The lowest BCUT2D eigenvalue weighted by Gasteiger charge is -2.32. The second-order valence-corrected chi connectivity index (χ2v) is 6.00.